The van der Waals surface area contributed by atoms with Gasteiger partial charge in [-0.3, -0.25) is 0 Å². The molecule has 27 heavy (non-hydrogen) atoms. The van der Waals surface area contributed by atoms with Crippen LogP contribution in [0, 0.1) is 0 Å². The molecule has 0 aliphatic carbocycles. The van der Waals surface area contributed by atoms with Gasteiger partial charge in [-0.25, -0.2) is 9.78 Å². The Morgan fingerprint density at radius 1 is 1.07 bits per heavy atom. The minimum Gasteiger partial charge on any atom is -0.476 e. The third-order valence-electron chi connectivity index (χ3n) is 4.12. The smallest absolute Gasteiger partial charge is 0.418 e. The van der Waals surface area contributed by atoms with Crippen LogP contribution in [0.2, 0.25) is 0 Å². The van der Waals surface area contributed by atoms with Gasteiger partial charge in [0.1, 0.15) is 0 Å². The number of alkyl halides is 3. The molecule has 8 heteroatoms. The van der Waals surface area contributed by atoms with Crippen LogP contribution < -0.4 is 0 Å². The first-order chi connectivity index (χ1) is 12.9. The largest absolute Gasteiger partial charge is 0.476 e. The van der Waals surface area contributed by atoms with Crippen LogP contribution in [0.1, 0.15) is 16.1 Å². The Morgan fingerprint density at radius 3 is 2.48 bits per heavy atom. The molecule has 0 saturated heterocycles. The summed E-state index contributed by atoms with van der Waals surface area (Å²) < 4.78 is 45.2. The normalized spacial score (nSPS) is 11.8. The zero-order valence-electron chi connectivity index (χ0n) is 13.5. The number of fused-ring (bicyclic) bond motifs is 1. The average molecular weight is 372 g/mol. The van der Waals surface area contributed by atoms with Gasteiger partial charge in [-0.05, 0) is 18.2 Å². The number of H-pyrrole nitrogens is 1. The fraction of sp³-hybridized carbons (Fsp3) is 0.0526. The maximum Gasteiger partial charge on any atom is 0.418 e. The molecule has 0 aliphatic rings. The molecule has 0 radical (unpaired) electrons. The molecule has 4 aromatic rings. The molecule has 4 rings (SSSR count). The fourth-order valence-electron chi connectivity index (χ4n) is 2.94. The number of hydrogen-bond acceptors (Lipinski definition) is 3. The Labute approximate surface area is 150 Å². The molecule has 0 unspecified atom stereocenters. The van der Waals surface area contributed by atoms with Crippen molar-refractivity contribution in [2.75, 3.05) is 0 Å². The highest BCUT2D eigenvalue weighted by atomic mass is 19.4. The lowest BCUT2D eigenvalue weighted by atomic mass is 10.1. The molecule has 5 nitrogen and oxygen atoms in total. The lowest BCUT2D eigenvalue weighted by Crippen LogP contribution is -2.06. The monoisotopic (exact) mass is 372 g/mol. The van der Waals surface area contributed by atoms with E-state index in [9.17, 15) is 23.1 Å². The molecule has 0 spiro atoms. The molecule has 0 saturated carbocycles. The highest BCUT2D eigenvalue weighted by Gasteiger charge is 2.34. The van der Waals surface area contributed by atoms with Crippen LogP contribution in [-0.2, 0) is 6.18 Å². The SMILES string of the molecule is O=C(O)c1nc(-c2ccc(C(F)(F)F)c3[nH]ccc23)oc1-c1ccccc1. The summed E-state index contributed by atoms with van der Waals surface area (Å²) >= 11 is 0. The van der Waals surface area contributed by atoms with E-state index in [2.05, 4.69) is 9.97 Å². The molecule has 0 bridgehead atoms. The highest BCUT2D eigenvalue weighted by molar-refractivity contribution is 5.97. The number of aromatic nitrogens is 2. The first-order valence-electron chi connectivity index (χ1n) is 7.83. The predicted octanol–water partition coefficient (Wildman–Crippen LogP) is 5.21. The van der Waals surface area contributed by atoms with Crippen LogP contribution in [0.5, 0.6) is 0 Å². The Hall–Kier alpha value is -3.55. The highest BCUT2D eigenvalue weighted by Crippen LogP contribution is 2.39. The summed E-state index contributed by atoms with van der Waals surface area (Å²) in [7, 11) is 0. The van der Waals surface area contributed by atoms with Gasteiger partial charge in [0, 0.05) is 22.7 Å². The Kier molecular flexibility index (Phi) is 3.76. The van der Waals surface area contributed by atoms with Gasteiger partial charge in [-0.15, -0.1) is 0 Å². The second-order valence-corrected chi connectivity index (χ2v) is 5.79. The van der Waals surface area contributed by atoms with Crippen LogP contribution >= 0.6 is 0 Å². The Morgan fingerprint density at radius 2 is 1.81 bits per heavy atom. The number of rotatable bonds is 3. The number of carboxylic acid groups (broad SMARTS) is 1. The number of nitrogens with one attached hydrogen (secondary N) is 1. The van der Waals surface area contributed by atoms with E-state index in [1.807, 2.05) is 0 Å². The molecular formula is C19H11F3N2O3. The summed E-state index contributed by atoms with van der Waals surface area (Å²) in [5, 5.41) is 9.67. The van der Waals surface area contributed by atoms with Gasteiger partial charge in [0.2, 0.25) is 5.89 Å². The van der Waals surface area contributed by atoms with Gasteiger partial charge in [0.05, 0.1) is 11.1 Å². The van der Waals surface area contributed by atoms with Gasteiger partial charge in [-0.2, -0.15) is 13.2 Å². The quantitative estimate of drug-likeness (QED) is 0.518. The van der Waals surface area contributed by atoms with Crippen molar-refractivity contribution in [3.63, 3.8) is 0 Å². The molecule has 0 aliphatic heterocycles. The van der Waals surface area contributed by atoms with E-state index in [0.29, 0.717) is 5.56 Å². The molecule has 0 fully saturated rings. The van der Waals surface area contributed by atoms with E-state index in [1.54, 1.807) is 30.3 Å². The van der Waals surface area contributed by atoms with Crippen LogP contribution in [0.4, 0.5) is 13.2 Å². The summed E-state index contributed by atoms with van der Waals surface area (Å²) in [4.78, 5) is 18.2. The topological polar surface area (TPSA) is 79.1 Å². The summed E-state index contributed by atoms with van der Waals surface area (Å²) in [6, 6.07) is 12.1. The van der Waals surface area contributed by atoms with Crippen molar-refractivity contribution in [2.45, 2.75) is 6.18 Å². The first-order valence-corrected chi connectivity index (χ1v) is 7.83. The van der Waals surface area contributed by atoms with Crippen molar-refractivity contribution in [1.82, 2.24) is 9.97 Å². The minimum atomic E-state index is -4.53. The molecule has 0 atom stereocenters. The van der Waals surface area contributed by atoms with Gasteiger partial charge in [-0.1, -0.05) is 30.3 Å². The summed E-state index contributed by atoms with van der Waals surface area (Å²) in [5.41, 5.74) is -0.467. The number of halogens is 3. The second kappa shape index (κ2) is 6.01. The lowest BCUT2D eigenvalue weighted by Gasteiger charge is -2.09. The van der Waals surface area contributed by atoms with E-state index < -0.39 is 17.7 Å². The van der Waals surface area contributed by atoms with Crippen molar-refractivity contribution in [3.05, 3.63) is 66.0 Å². The second-order valence-electron chi connectivity index (χ2n) is 5.79. The van der Waals surface area contributed by atoms with E-state index in [1.165, 1.54) is 18.3 Å². The number of oxazole rings is 1. The number of aromatic amines is 1. The van der Waals surface area contributed by atoms with Crippen molar-refractivity contribution in [2.24, 2.45) is 0 Å². The molecule has 2 heterocycles. The minimum absolute atomic E-state index is 0.0432. The maximum absolute atomic E-state index is 13.2. The van der Waals surface area contributed by atoms with Crippen LogP contribution in [0.3, 0.4) is 0 Å². The number of hydrogen-bond donors (Lipinski definition) is 2. The van der Waals surface area contributed by atoms with E-state index in [4.69, 9.17) is 4.42 Å². The number of carboxylic acids is 1. The van der Waals surface area contributed by atoms with Crippen molar-refractivity contribution in [3.8, 4) is 22.8 Å². The number of aromatic carboxylic acids is 1. The predicted molar refractivity (Wildman–Crippen MR) is 91.2 cm³/mol. The summed E-state index contributed by atoms with van der Waals surface area (Å²) in [6.45, 7) is 0. The van der Waals surface area contributed by atoms with Crippen molar-refractivity contribution >= 4 is 16.9 Å². The number of nitrogens with zero attached hydrogens (tertiary/aromatic N) is 1. The van der Waals surface area contributed by atoms with Crippen molar-refractivity contribution in [1.29, 1.82) is 0 Å². The summed E-state index contributed by atoms with van der Waals surface area (Å²) in [5.74, 6) is -1.31. The first kappa shape index (κ1) is 16.9. The Balaban J connectivity index is 1.93. The fourth-order valence-corrected chi connectivity index (χ4v) is 2.94. The standard InChI is InChI=1S/C19H11F3N2O3/c20-19(21,22)13-7-6-12(11-8-9-23-14(11)13)17-24-15(18(25)26)16(27-17)10-4-2-1-3-5-10/h1-9,23H,(H,25,26). The van der Waals surface area contributed by atoms with E-state index >= 15 is 0 Å². The Bertz CT molecular complexity index is 1140. The molecule has 2 aromatic carbocycles. The third-order valence-corrected chi connectivity index (χ3v) is 4.12. The number of benzene rings is 2. The zero-order chi connectivity index (χ0) is 19.2. The van der Waals surface area contributed by atoms with Gasteiger partial charge in [0.15, 0.2) is 11.5 Å². The van der Waals surface area contributed by atoms with E-state index in [-0.39, 0.29) is 33.8 Å². The zero-order valence-corrected chi connectivity index (χ0v) is 13.5. The molecular weight excluding hydrogens is 361 g/mol. The van der Waals surface area contributed by atoms with Gasteiger partial charge < -0.3 is 14.5 Å². The van der Waals surface area contributed by atoms with Crippen LogP contribution in [0.15, 0.2) is 59.1 Å². The number of carbonyl (C=O) groups is 1. The van der Waals surface area contributed by atoms with Crippen LogP contribution in [-0.4, -0.2) is 21.0 Å². The molecule has 2 aromatic heterocycles. The van der Waals surface area contributed by atoms with Gasteiger partial charge >= 0.3 is 12.1 Å². The summed E-state index contributed by atoms with van der Waals surface area (Å²) in [6.07, 6.45) is -3.15. The molecule has 2 N–H and O–H groups in total. The van der Waals surface area contributed by atoms with Crippen molar-refractivity contribution < 1.29 is 27.5 Å². The maximum atomic E-state index is 13.2. The average Bonchev–Trinajstić information content (AvgIpc) is 3.28. The van der Waals surface area contributed by atoms with Gasteiger partial charge in [0.25, 0.3) is 0 Å². The van der Waals surface area contributed by atoms with E-state index in [0.717, 1.165) is 6.07 Å². The lowest BCUT2D eigenvalue weighted by molar-refractivity contribution is -0.136. The molecule has 136 valence electrons. The third kappa shape index (κ3) is 2.84. The molecule has 0 amide bonds. The van der Waals surface area contributed by atoms with Crippen LogP contribution in [0.25, 0.3) is 33.7 Å².